The molecular weight excluding hydrogens is 554 g/mol. The number of halogens is 1. The van der Waals surface area contributed by atoms with Gasteiger partial charge in [0, 0.05) is 23.0 Å². The number of aromatic amines is 1. The molecule has 41 heavy (non-hydrogen) atoms. The fourth-order valence-electron chi connectivity index (χ4n) is 3.73. The molecule has 2 heterocycles. The summed E-state index contributed by atoms with van der Waals surface area (Å²) in [5.74, 6) is -0.0878. The number of benzene rings is 1. The van der Waals surface area contributed by atoms with Crippen molar-refractivity contribution in [1.29, 1.82) is 0 Å². The normalized spacial score (nSPS) is 12.1. The molecule has 0 bridgehead atoms. The van der Waals surface area contributed by atoms with Crippen LogP contribution < -0.4 is 10.6 Å². The van der Waals surface area contributed by atoms with Crippen molar-refractivity contribution in [3.8, 4) is 11.3 Å². The molecule has 3 aromatic rings. The molecule has 2 aromatic heterocycles. The maximum Gasteiger partial charge on any atom is 0.508 e. The third-order valence-electron chi connectivity index (χ3n) is 5.85. The number of anilines is 1. The van der Waals surface area contributed by atoms with Crippen molar-refractivity contribution in [1.82, 2.24) is 20.3 Å². The van der Waals surface area contributed by atoms with E-state index in [0.717, 1.165) is 5.56 Å². The average Bonchev–Trinajstić information content (AvgIpc) is 3.45. The average molecular weight is 588 g/mol. The number of aromatic nitrogens is 3. The second-order valence-corrected chi connectivity index (χ2v) is 9.28. The Kier molecular flexibility index (Phi) is 11.8. The van der Waals surface area contributed by atoms with Crippen LogP contribution in [0.4, 0.5) is 15.5 Å². The number of aryl methyl sites for hydroxylation is 1. The Labute approximate surface area is 243 Å². The molecule has 3 rings (SSSR count). The predicted octanol–water partition coefficient (Wildman–Crippen LogP) is 5.44. The van der Waals surface area contributed by atoms with Crippen molar-refractivity contribution >= 4 is 35.8 Å². The van der Waals surface area contributed by atoms with E-state index >= 15 is 0 Å². The minimum atomic E-state index is -0.836. The molecule has 3 N–H and O–H groups in total. The summed E-state index contributed by atoms with van der Waals surface area (Å²) in [6.45, 7) is 7.49. The molecule has 220 valence electrons. The highest BCUT2D eigenvalue weighted by atomic mass is 35.5. The van der Waals surface area contributed by atoms with Gasteiger partial charge in [-0.3, -0.25) is 4.79 Å². The number of carbonyl (C=O) groups is 3. The summed E-state index contributed by atoms with van der Waals surface area (Å²) < 4.78 is 19.9. The molecule has 12 nitrogen and oxygen atoms in total. The largest absolute Gasteiger partial charge is 0.508 e. The van der Waals surface area contributed by atoms with Gasteiger partial charge in [-0.25, -0.2) is 19.6 Å². The van der Waals surface area contributed by atoms with Gasteiger partial charge in [0.25, 0.3) is 5.91 Å². The van der Waals surface area contributed by atoms with Gasteiger partial charge in [-0.05, 0) is 56.5 Å². The molecule has 2 atom stereocenters. The highest BCUT2D eigenvalue weighted by molar-refractivity contribution is 6.30. The molecule has 1 aromatic carbocycles. The maximum atomic E-state index is 13.2. The van der Waals surface area contributed by atoms with Gasteiger partial charge in [0.15, 0.2) is 0 Å². The molecule has 0 aliphatic rings. The lowest BCUT2D eigenvalue weighted by molar-refractivity contribution is 0.0502. The van der Waals surface area contributed by atoms with E-state index in [1.54, 1.807) is 56.6 Å². The molecule has 0 fully saturated rings. The molecule has 0 aliphatic carbocycles. The van der Waals surface area contributed by atoms with Gasteiger partial charge < -0.3 is 34.6 Å². The predicted molar refractivity (Wildman–Crippen MR) is 152 cm³/mol. The van der Waals surface area contributed by atoms with Gasteiger partial charge in [-0.2, -0.15) is 0 Å². The molecule has 13 heteroatoms. The number of nitrogens with zero attached hydrogens (tertiary/aromatic N) is 2. The summed E-state index contributed by atoms with van der Waals surface area (Å²) in [7, 11) is 0. The second-order valence-electron chi connectivity index (χ2n) is 8.85. The Morgan fingerprint density at radius 2 is 1.71 bits per heavy atom. The van der Waals surface area contributed by atoms with Crippen LogP contribution in [0.2, 0.25) is 5.02 Å². The number of nitrogens with one attached hydrogen (secondary N) is 3. The van der Waals surface area contributed by atoms with Crippen LogP contribution in [0.5, 0.6) is 0 Å². The molecule has 0 saturated carbocycles. The Morgan fingerprint density at radius 1 is 1.00 bits per heavy atom. The second kappa shape index (κ2) is 15.5. The summed E-state index contributed by atoms with van der Waals surface area (Å²) in [6, 6.07) is 7.64. The lowest BCUT2D eigenvalue weighted by Gasteiger charge is -2.19. The van der Waals surface area contributed by atoms with Gasteiger partial charge >= 0.3 is 12.3 Å². The third-order valence-corrected chi connectivity index (χ3v) is 6.08. The molecule has 0 radical (unpaired) electrons. The van der Waals surface area contributed by atoms with E-state index in [1.165, 1.54) is 0 Å². The molecule has 1 amide bonds. The van der Waals surface area contributed by atoms with Crippen LogP contribution in [0.1, 0.15) is 54.8 Å². The first-order valence-corrected chi connectivity index (χ1v) is 13.6. The van der Waals surface area contributed by atoms with E-state index in [1.807, 2.05) is 13.8 Å². The van der Waals surface area contributed by atoms with Crippen molar-refractivity contribution in [2.24, 2.45) is 0 Å². The van der Waals surface area contributed by atoms with Crippen molar-refractivity contribution in [3.63, 3.8) is 0 Å². The van der Waals surface area contributed by atoms with Crippen molar-refractivity contribution < 1.29 is 33.3 Å². The lowest BCUT2D eigenvalue weighted by Crippen LogP contribution is -2.32. The summed E-state index contributed by atoms with van der Waals surface area (Å²) in [5.41, 5.74) is 2.98. The molecular formula is C28H34ClN5O7. The number of rotatable bonds is 13. The molecule has 0 aliphatic heterocycles. The van der Waals surface area contributed by atoms with Crippen molar-refractivity contribution in [3.05, 3.63) is 64.6 Å². The van der Waals surface area contributed by atoms with E-state index in [2.05, 4.69) is 25.6 Å². The summed E-state index contributed by atoms with van der Waals surface area (Å²) in [5, 5.41) is 6.51. The highest BCUT2D eigenvalue weighted by Crippen LogP contribution is 2.24. The first-order chi connectivity index (χ1) is 19.7. The number of amides is 1. The lowest BCUT2D eigenvalue weighted by atomic mass is 10.1. The van der Waals surface area contributed by atoms with E-state index in [0.29, 0.717) is 34.2 Å². The number of H-pyrrole nitrogens is 1. The monoisotopic (exact) mass is 587 g/mol. The quantitative estimate of drug-likeness (QED) is 0.220. The van der Waals surface area contributed by atoms with Crippen LogP contribution >= 0.6 is 11.6 Å². The number of ether oxygens (including phenoxy) is 4. The van der Waals surface area contributed by atoms with Crippen LogP contribution in [-0.2, 0) is 18.9 Å². The minimum absolute atomic E-state index is 0.0874. The van der Waals surface area contributed by atoms with E-state index in [9.17, 15) is 14.4 Å². The summed E-state index contributed by atoms with van der Waals surface area (Å²) in [6.07, 6.45) is 2.41. The fourth-order valence-corrected chi connectivity index (χ4v) is 3.93. The first kappa shape index (κ1) is 31.2. The zero-order chi connectivity index (χ0) is 29.8. The zero-order valence-corrected chi connectivity index (χ0v) is 24.1. The topological polar surface area (TPSA) is 154 Å². The molecule has 0 unspecified atom stereocenters. The maximum absolute atomic E-state index is 13.2. The van der Waals surface area contributed by atoms with Gasteiger partial charge in [0.2, 0.25) is 5.95 Å². The zero-order valence-electron chi connectivity index (χ0n) is 23.4. The van der Waals surface area contributed by atoms with Gasteiger partial charge in [0.1, 0.15) is 18.9 Å². The van der Waals surface area contributed by atoms with Crippen LogP contribution in [0.15, 0.2) is 42.7 Å². The van der Waals surface area contributed by atoms with Crippen LogP contribution in [0.25, 0.3) is 11.3 Å². The van der Waals surface area contributed by atoms with E-state index in [4.69, 9.17) is 30.5 Å². The van der Waals surface area contributed by atoms with Crippen molar-refractivity contribution in [2.75, 3.05) is 31.7 Å². The third kappa shape index (κ3) is 9.38. The summed E-state index contributed by atoms with van der Waals surface area (Å²) >= 11 is 6.14. The van der Waals surface area contributed by atoms with Gasteiger partial charge in [-0.15, -0.1) is 0 Å². The van der Waals surface area contributed by atoms with E-state index < -0.39 is 24.3 Å². The Hall–Kier alpha value is -4.32. The van der Waals surface area contributed by atoms with Crippen LogP contribution in [-0.4, -0.2) is 65.6 Å². The highest BCUT2D eigenvalue weighted by Gasteiger charge is 2.21. The van der Waals surface area contributed by atoms with Crippen molar-refractivity contribution in [2.45, 2.75) is 46.2 Å². The van der Waals surface area contributed by atoms with Gasteiger partial charge in [0.05, 0.1) is 31.0 Å². The number of hydrogen-bond acceptors (Lipinski definition) is 10. The smallest absolute Gasteiger partial charge is 0.435 e. The Bertz CT molecular complexity index is 1330. The van der Waals surface area contributed by atoms with Crippen LogP contribution in [0.3, 0.4) is 0 Å². The molecule has 0 spiro atoms. The number of carbonyl (C=O) groups excluding carboxylic acids is 3. The van der Waals surface area contributed by atoms with Crippen LogP contribution in [0, 0.1) is 6.92 Å². The number of hydrogen-bond donors (Lipinski definition) is 3. The standard InChI is InChI=1S/C28H34ClN5O7/c1-5-21(15-40-27(36)38-6-2)32-26-31-13-17(4)24(34-26)19-12-22(30-14-19)25(35)33-23(16-41-28(37)39-7-3)18-9-8-10-20(29)11-18/h8-14,21,23,30H,5-7,15-16H2,1-4H3,(H,33,35)(H,31,32,34)/t21-,23-/m1/s1. The summed E-state index contributed by atoms with van der Waals surface area (Å²) in [4.78, 5) is 48.4. The minimum Gasteiger partial charge on any atom is -0.435 e. The molecule has 0 saturated heterocycles. The Balaban J connectivity index is 1.74. The SMILES string of the molecule is CCOC(=O)OC[C@@H](CC)Nc1ncc(C)c(-c2c[nH]c(C(=O)N[C@H](COC(=O)OCC)c3cccc(Cl)c3)c2)n1. The Morgan fingerprint density at radius 3 is 2.37 bits per heavy atom. The van der Waals surface area contributed by atoms with Gasteiger partial charge in [-0.1, -0.05) is 30.7 Å². The first-order valence-electron chi connectivity index (χ1n) is 13.2. The van der Waals surface area contributed by atoms with E-state index in [-0.39, 0.29) is 38.2 Å². The fraction of sp³-hybridized carbons (Fsp3) is 0.393.